The molecule has 146 valence electrons. The van der Waals surface area contributed by atoms with Gasteiger partial charge in [0.25, 0.3) is 10.0 Å². The molecule has 0 bridgehead atoms. The Kier molecular flexibility index (Phi) is 5.58. The maximum absolute atomic E-state index is 12.7. The smallest absolute Gasteiger partial charge is 0.264 e. The van der Waals surface area contributed by atoms with Gasteiger partial charge >= 0.3 is 0 Å². The van der Waals surface area contributed by atoms with Crippen molar-refractivity contribution in [3.63, 3.8) is 0 Å². The summed E-state index contributed by atoms with van der Waals surface area (Å²) in [5, 5.41) is 0.216. The standard InChI is InChI=1S/C20H21ClN4O2S/c1-12(2)17-18(16-10-5-4-7-13(16)3)23-20(24-19(17)21)25-28(26,27)15-9-6-8-14(22)11-15/h4-12H,22H2,1-3H3,(H,23,24,25). The highest BCUT2D eigenvalue weighted by Crippen LogP contribution is 2.35. The predicted octanol–water partition coefficient (Wildman–Crippen LogP) is 4.61. The van der Waals surface area contributed by atoms with Crippen LogP contribution in [0.25, 0.3) is 11.3 Å². The molecule has 0 atom stereocenters. The SMILES string of the molecule is Cc1ccccc1-c1nc(NS(=O)(=O)c2cccc(N)c2)nc(Cl)c1C(C)C. The van der Waals surface area contributed by atoms with E-state index in [1.54, 1.807) is 12.1 Å². The van der Waals surface area contributed by atoms with E-state index < -0.39 is 10.0 Å². The topological polar surface area (TPSA) is 98.0 Å². The van der Waals surface area contributed by atoms with Crippen LogP contribution < -0.4 is 10.5 Å². The van der Waals surface area contributed by atoms with Crippen molar-refractivity contribution in [1.29, 1.82) is 0 Å². The fourth-order valence-electron chi connectivity index (χ4n) is 2.90. The number of aromatic nitrogens is 2. The molecule has 0 fully saturated rings. The number of nitrogen functional groups attached to an aromatic ring is 1. The van der Waals surface area contributed by atoms with Crippen LogP contribution in [0, 0.1) is 6.92 Å². The molecule has 28 heavy (non-hydrogen) atoms. The van der Waals surface area contributed by atoms with E-state index in [-0.39, 0.29) is 21.9 Å². The summed E-state index contributed by atoms with van der Waals surface area (Å²) in [6.07, 6.45) is 0. The molecule has 3 rings (SSSR count). The van der Waals surface area contributed by atoms with Crippen molar-refractivity contribution >= 4 is 33.3 Å². The number of nitrogens with two attached hydrogens (primary N) is 1. The molecule has 3 aromatic rings. The van der Waals surface area contributed by atoms with E-state index >= 15 is 0 Å². The van der Waals surface area contributed by atoms with Crippen LogP contribution >= 0.6 is 11.6 Å². The Labute approximate surface area is 169 Å². The lowest BCUT2D eigenvalue weighted by atomic mass is 9.96. The van der Waals surface area contributed by atoms with E-state index in [0.717, 1.165) is 16.7 Å². The first-order valence-electron chi connectivity index (χ1n) is 8.71. The van der Waals surface area contributed by atoms with Gasteiger partial charge in [0.2, 0.25) is 5.95 Å². The first-order chi connectivity index (χ1) is 13.2. The second-order valence-corrected chi connectivity index (χ2v) is 8.79. The molecule has 1 heterocycles. The molecule has 0 aliphatic heterocycles. The first kappa shape index (κ1) is 20.1. The van der Waals surface area contributed by atoms with Gasteiger partial charge in [-0.1, -0.05) is 55.8 Å². The van der Waals surface area contributed by atoms with Gasteiger partial charge in [0.1, 0.15) is 5.15 Å². The number of nitrogens with zero attached hydrogens (tertiary/aromatic N) is 2. The number of nitrogens with one attached hydrogen (secondary N) is 1. The fourth-order valence-corrected chi connectivity index (χ4v) is 4.29. The molecule has 0 amide bonds. The number of hydrogen-bond acceptors (Lipinski definition) is 5. The molecule has 3 N–H and O–H groups in total. The number of anilines is 2. The number of benzene rings is 2. The first-order valence-corrected chi connectivity index (χ1v) is 10.6. The largest absolute Gasteiger partial charge is 0.399 e. The summed E-state index contributed by atoms with van der Waals surface area (Å²) in [6, 6.07) is 13.7. The number of aryl methyl sites for hydroxylation is 1. The van der Waals surface area contributed by atoms with Crippen molar-refractivity contribution in [2.45, 2.75) is 31.6 Å². The van der Waals surface area contributed by atoms with Crippen LogP contribution in [0.4, 0.5) is 11.6 Å². The third kappa shape index (κ3) is 4.10. The summed E-state index contributed by atoms with van der Waals surface area (Å²) in [6.45, 7) is 5.94. The van der Waals surface area contributed by atoms with Gasteiger partial charge in [0, 0.05) is 16.8 Å². The zero-order valence-corrected chi connectivity index (χ0v) is 17.3. The Morgan fingerprint density at radius 2 is 1.79 bits per heavy atom. The Hall–Kier alpha value is -2.64. The van der Waals surface area contributed by atoms with Crippen molar-refractivity contribution in [3.8, 4) is 11.3 Å². The lowest BCUT2D eigenvalue weighted by Gasteiger charge is -2.17. The van der Waals surface area contributed by atoms with Crippen LogP contribution in [0.2, 0.25) is 5.15 Å². The summed E-state index contributed by atoms with van der Waals surface area (Å²) in [4.78, 5) is 8.70. The van der Waals surface area contributed by atoms with E-state index in [2.05, 4.69) is 14.7 Å². The minimum absolute atomic E-state index is 0.0256. The zero-order chi connectivity index (χ0) is 20.5. The van der Waals surface area contributed by atoms with Crippen LogP contribution in [-0.4, -0.2) is 18.4 Å². The van der Waals surface area contributed by atoms with E-state index in [9.17, 15) is 8.42 Å². The predicted molar refractivity (Wildman–Crippen MR) is 113 cm³/mol. The minimum atomic E-state index is -3.91. The second kappa shape index (κ2) is 7.77. The molecule has 0 saturated carbocycles. The van der Waals surface area contributed by atoms with Gasteiger partial charge in [-0.25, -0.2) is 18.1 Å². The molecule has 1 aromatic heterocycles. The van der Waals surface area contributed by atoms with Crippen molar-refractivity contribution in [3.05, 3.63) is 64.8 Å². The molecule has 0 aliphatic carbocycles. The molecule has 0 unspecified atom stereocenters. The van der Waals surface area contributed by atoms with E-state index in [0.29, 0.717) is 11.4 Å². The third-order valence-corrected chi connectivity index (χ3v) is 5.88. The van der Waals surface area contributed by atoms with Crippen molar-refractivity contribution < 1.29 is 8.42 Å². The van der Waals surface area contributed by atoms with Gasteiger partial charge in [-0.15, -0.1) is 0 Å². The molecule has 8 heteroatoms. The Morgan fingerprint density at radius 3 is 2.43 bits per heavy atom. The maximum atomic E-state index is 12.7. The van der Waals surface area contributed by atoms with Crippen molar-refractivity contribution in [2.75, 3.05) is 10.5 Å². The van der Waals surface area contributed by atoms with Crippen LogP contribution in [0.15, 0.2) is 53.4 Å². The third-order valence-electron chi connectivity index (χ3n) is 4.27. The fraction of sp³-hybridized carbons (Fsp3) is 0.200. The highest BCUT2D eigenvalue weighted by atomic mass is 35.5. The average molecular weight is 417 g/mol. The van der Waals surface area contributed by atoms with Gasteiger partial charge in [-0.05, 0) is 36.6 Å². The lowest BCUT2D eigenvalue weighted by molar-refractivity contribution is 0.601. The molecule has 0 saturated heterocycles. The molecule has 6 nitrogen and oxygen atoms in total. The van der Waals surface area contributed by atoms with Gasteiger partial charge in [-0.3, -0.25) is 0 Å². The summed E-state index contributed by atoms with van der Waals surface area (Å²) >= 11 is 6.43. The number of hydrogen-bond donors (Lipinski definition) is 2. The zero-order valence-electron chi connectivity index (χ0n) is 15.8. The molecule has 0 radical (unpaired) electrons. The normalized spacial score (nSPS) is 11.6. The van der Waals surface area contributed by atoms with Gasteiger partial charge in [0.15, 0.2) is 0 Å². The maximum Gasteiger partial charge on any atom is 0.264 e. The van der Waals surface area contributed by atoms with Crippen LogP contribution in [0.3, 0.4) is 0 Å². The van der Waals surface area contributed by atoms with Crippen molar-refractivity contribution in [1.82, 2.24) is 9.97 Å². The van der Waals surface area contributed by atoms with Crippen LogP contribution in [0.5, 0.6) is 0 Å². The Balaban J connectivity index is 2.12. The van der Waals surface area contributed by atoms with Crippen LogP contribution in [0.1, 0.15) is 30.9 Å². The lowest BCUT2D eigenvalue weighted by Crippen LogP contribution is -2.16. The quantitative estimate of drug-likeness (QED) is 0.467. The molecular weight excluding hydrogens is 396 g/mol. The van der Waals surface area contributed by atoms with Gasteiger partial charge < -0.3 is 5.73 Å². The highest BCUT2D eigenvalue weighted by molar-refractivity contribution is 7.92. The highest BCUT2D eigenvalue weighted by Gasteiger charge is 2.22. The molecule has 0 spiro atoms. The summed E-state index contributed by atoms with van der Waals surface area (Å²) in [5.41, 5.74) is 9.30. The average Bonchev–Trinajstić information content (AvgIpc) is 2.61. The van der Waals surface area contributed by atoms with E-state index in [4.69, 9.17) is 17.3 Å². The monoisotopic (exact) mass is 416 g/mol. The molecular formula is C20H21ClN4O2S. The Morgan fingerprint density at radius 1 is 1.07 bits per heavy atom. The Bertz CT molecular complexity index is 1130. The van der Waals surface area contributed by atoms with E-state index in [1.165, 1.54) is 12.1 Å². The summed E-state index contributed by atoms with van der Waals surface area (Å²) < 4.78 is 27.8. The second-order valence-electron chi connectivity index (χ2n) is 6.75. The number of sulfonamides is 1. The van der Waals surface area contributed by atoms with Gasteiger partial charge in [0.05, 0.1) is 10.6 Å². The number of rotatable bonds is 5. The van der Waals surface area contributed by atoms with Crippen LogP contribution in [-0.2, 0) is 10.0 Å². The number of halogens is 1. The van der Waals surface area contributed by atoms with Gasteiger partial charge in [-0.2, -0.15) is 4.98 Å². The van der Waals surface area contributed by atoms with E-state index in [1.807, 2.05) is 45.0 Å². The van der Waals surface area contributed by atoms with Crippen molar-refractivity contribution in [2.24, 2.45) is 0 Å². The molecule has 0 aliphatic rings. The molecule has 2 aromatic carbocycles. The minimum Gasteiger partial charge on any atom is -0.399 e. The summed E-state index contributed by atoms with van der Waals surface area (Å²) in [5.74, 6) is -0.0308. The summed E-state index contributed by atoms with van der Waals surface area (Å²) in [7, 11) is -3.91.